The molecule has 0 amide bonds. The van der Waals surface area contributed by atoms with Gasteiger partial charge in [-0.25, -0.2) is 0 Å². The average molecular weight is 329 g/mol. The van der Waals surface area contributed by atoms with Crippen LogP contribution in [-0.4, -0.2) is 11.2 Å². The number of Topliss-reactive ketones (excluding diaryl/α,β-unsaturated/α-hetero) is 1. The summed E-state index contributed by atoms with van der Waals surface area (Å²) in [6.07, 6.45) is 5.69. The van der Waals surface area contributed by atoms with Gasteiger partial charge in [-0.3, -0.25) is 4.79 Å². The highest BCUT2D eigenvalue weighted by atomic mass is 35.5. The predicted octanol–water partition coefficient (Wildman–Crippen LogP) is 6.04. The Hall–Kier alpha value is -1.60. The van der Waals surface area contributed by atoms with Crippen LogP contribution in [0, 0.1) is 0 Å². The molecule has 0 radical (unpaired) electrons. The van der Waals surface area contributed by atoms with E-state index in [2.05, 4.69) is 43.3 Å². The molecule has 0 saturated heterocycles. The van der Waals surface area contributed by atoms with Crippen molar-refractivity contribution in [1.29, 1.82) is 0 Å². The highest BCUT2D eigenvalue weighted by Crippen LogP contribution is 2.21. The zero-order valence-electron chi connectivity index (χ0n) is 13.8. The van der Waals surface area contributed by atoms with Crippen LogP contribution < -0.4 is 0 Å². The molecule has 0 bridgehead atoms. The summed E-state index contributed by atoms with van der Waals surface area (Å²) in [6.45, 7) is 2.17. The van der Waals surface area contributed by atoms with Gasteiger partial charge in [-0.1, -0.05) is 80.8 Å². The summed E-state index contributed by atoms with van der Waals surface area (Å²) in [5, 5.41) is -0.404. The Morgan fingerprint density at radius 1 is 0.913 bits per heavy atom. The zero-order valence-corrected chi connectivity index (χ0v) is 14.6. The number of rotatable bonds is 9. The van der Waals surface area contributed by atoms with Crippen LogP contribution in [0.5, 0.6) is 0 Å². The van der Waals surface area contributed by atoms with E-state index in [1.807, 2.05) is 18.2 Å². The Balaban J connectivity index is 1.86. The third kappa shape index (κ3) is 5.84. The van der Waals surface area contributed by atoms with Crippen LogP contribution in [0.25, 0.3) is 11.1 Å². The maximum atomic E-state index is 12.1. The molecule has 2 heteroatoms. The largest absolute Gasteiger partial charge is 0.298 e. The van der Waals surface area contributed by atoms with Crippen LogP contribution in [0.4, 0.5) is 0 Å². The molecule has 1 nitrogen and oxygen atoms in total. The van der Waals surface area contributed by atoms with Crippen LogP contribution in [-0.2, 0) is 11.2 Å². The number of carbonyl (C=O) groups is 1. The fourth-order valence-electron chi connectivity index (χ4n) is 2.67. The molecule has 0 N–H and O–H groups in total. The number of halogens is 1. The van der Waals surface area contributed by atoms with Crippen LogP contribution in [0.2, 0.25) is 0 Å². The highest BCUT2D eigenvalue weighted by molar-refractivity contribution is 6.31. The van der Waals surface area contributed by atoms with Crippen molar-refractivity contribution in [2.45, 2.75) is 50.8 Å². The molecule has 0 aromatic heterocycles. The summed E-state index contributed by atoms with van der Waals surface area (Å²) in [5.41, 5.74) is 3.51. The molecular weight excluding hydrogens is 304 g/mol. The van der Waals surface area contributed by atoms with Crippen LogP contribution in [0.15, 0.2) is 54.6 Å². The lowest BCUT2D eigenvalue weighted by atomic mass is 10.00. The van der Waals surface area contributed by atoms with E-state index in [0.717, 1.165) is 18.4 Å². The summed E-state index contributed by atoms with van der Waals surface area (Å²) in [4.78, 5) is 12.1. The van der Waals surface area contributed by atoms with E-state index in [9.17, 15) is 4.79 Å². The molecule has 2 aromatic carbocycles. The quantitative estimate of drug-likeness (QED) is 0.405. The first kappa shape index (κ1) is 17.7. The smallest absolute Gasteiger partial charge is 0.151 e. The van der Waals surface area contributed by atoms with Crippen LogP contribution in [0.1, 0.15) is 44.6 Å². The van der Waals surface area contributed by atoms with E-state index in [0.29, 0.717) is 12.8 Å². The number of hydrogen-bond acceptors (Lipinski definition) is 1. The second kappa shape index (κ2) is 9.52. The van der Waals surface area contributed by atoms with Gasteiger partial charge < -0.3 is 0 Å². The molecule has 0 spiro atoms. The summed E-state index contributed by atoms with van der Waals surface area (Å²) in [5.74, 6) is 0.176. The molecule has 0 aliphatic heterocycles. The molecule has 0 aliphatic carbocycles. The van der Waals surface area contributed by atoms with E-state index < -0.39 is 5.38 Å². The number of hydrogen-bond donors (Lipinski definition) is 0. The maximum absolute atomic E-state index is 12.1. The molecular formula is C21H25ClO. The SMILES string of the molecule is CCCCCCC(=O)C(Cl)Cc1ccc(-c2ccccc2)cc1. The lowest BCUT2D eigenvalue weighted by Crippen LogP contribution is -2.17. The van der Waals surface area contributed by atoms with Gasteiger partial charge in [-0.15, -0.1) is 11.6 Å². The number of benzene rings is 2. The van der Waals surface area contributed by atoms with E-state index >= 15 is 0 Å². The number of unbranched alkanes of at least 4 members (excludes halogenated alkanes) is 3. The molecule has 2 aromatic rings. The monoisotopic (exact) mass is 328 g/mol. The zero-order chi connectivity index (χ0) is 16.5. The lowest BCUT2D eigenvalue weighted by Gasteiger charge is -2.09. The number of ketones is 1. The molecule has 2 rings (SSSR count). The van der Waals surface area contributed by atoms with Crippen molar-refractivity contribution in [1.82, 2.24) is 0 Å². The molecule has 0 fully saturated rings. The van der Waals surface area contributed by atoms with Crippen molar-refractivity contribution in [3.05, 3.63) is 60.2 Å². The normalized spacial score (nSPS) is 12.1. The number of alkyl halides is 1. The standard InChI is InChI=1S/C21H25ClO/c1-2-3-4-8-11-21(23)20(22)16-17-12-14-19(15-13-17)18-9-6-5-7-10-18/h5-7,9-10,12-15,20H,2-4,8,11,16H2,1H3. The van der Waals surface area contributed by atoms with Gasteiger partial charge in [-0.2, -0.15) is 0 Å². The van der Waals surface area contributed by atoms with Gasteiger partial charge in [0.15, 0.2) is 5.78 Å². The third-order valence-corrected chi connectivity index (χ3v) is 4.50. The number of carbonyl (C=O) groups excluding carboxylic acids is 1. The lowest BCUT2D eigenvalue weighted by molar-refractivity contribution is -0.118. The molecule has 23 heavy (non-hydrogen) atoms. The fraction of sp³-hybridized carbons (Fsp3) is 0.381. The van der Waals surface area contributed by atoms with Gasteiger partial charge in [0.25, 0.3) is 0 Å². The Morgan fingerprint density at radius 2 is 1.57 bits per heavy atom. The Kier molecular flexibility index (Phi) is 7.35. The minimum Gasteiger partial charge on any atom is -0.298 e. The van der Waals surface area contributed by atoms with Gasteiger partial charge >= 0.3 is 0 Å². The van der Waals surface area contributed by atoms with Gasteiger partial charge in [-0.05, 0) is 29.5 Å². The van der Waals surface area contributed by atoms with Crippen molar-refractivity contribution in [2.24, 2.45) is 0 Å². The summed E-state index contributed by atoms with van der Waals surface area (Å²) < 4.78 is 0. The van der Waals surface area contributed by atoms with E-state index in [-0.39, 0.29) is 5.78 Å². The molecule has 1 unspecified atom stereocenters. The fourth-order valence-corrected chi connectivity index (χ4v) is 2.95. The van der Waals surface area contributed by atoms with Gasteiger partial charge in [0.2, 0.25) is 0 Å². The van der Waals surface area contributed by atoms with Crippen molar-refractivity contribution >= 4 is 17.4 Å². The van der Waals surface area contributed by atoms with Crippen molar-refractivity contribution in [2.75, 3.05) is 0 Å². The third-order valence-electron chi connectivity index (χ3n) is 4.10. The maximum Gasteiger partial charge on any atom is 0.151 e. The molecule has 0 aliphatic rings. The Labute approximate surface area is 144 Å². The molecule has 0 saturated carbocycles. The van der Waals surface area contributed by atoms with Crippen molar-refractivity contribution < 1.29 is 4.79 Å². The summed E-state index contributed by atoms with van der Waals surface area (Å²) in [6, 6.07) is 18.6. The van der Waals surface area contributed by atoms with Gasteiger partial charge in [0.1, 0.15) is 0 Å². The van der Waals surface area contributed by atoms with Gasteiger partial charge in [0.05, 0.1) is 5.38 Å². The Morgan fingerprint density at radius 3 is 2.22 bits per heavy atom. The Bertz CT molecular complexity index is 589. The predicted molar refractivity (Wildman–Crippen MR) is 99.0 cm³/mol. The summed E-state index contributed by atoms with van der Waals surface area (Å²) in [7, 11) is 0. The minimum absolute atomic E-state index is 0.176. The minimum atomic E-state index is -0.404. The van der Waals surface area contributed by atoms with E-state index in [4.69, 9.17) is 11.6 Å². The first-order chi connectivity index (χ1) is 11.2. The topological polar surface area (TPSA) is 17.1 Å². The molecule has 0 heterocycles. The van der Waals surface area contributed by atoms with Crippen molar-refractivity contribution in [3.8, 4) is 11.1 Å². The van der Waals surface area contributed by atoms with Crippen LogP contribution >= 0.6 is 11.6 Å². The second-order valence-electron chi connectivity index (χ2n) is 6.01. The second-order valence-corrected chi connectivity index (χ2v) is 6.54. The van der Waals surface area contributed by atoms with Gasteiger partial charge in [0, 0.05) is 6.42 Å². The van der Waals surface area contributed by atoms with Crippen molar-refractivity contribution in [3.63, 3.8) is 0 Å². The first-order valence-corrected chi connectivity index (χ1v) is 8.95. The molecule has 122 valence electrons. The van der Waals surface area contributed by atoms with E-state index in [1.165, 1.54) is 24.0 Å². The average Bonchev–Trinajstić information content (AvgIpc) is 2.60. The van der Waals surface area contributed by atoms with E-state index in [1.54, 1.807) is 0 Å². The first-order valence-electron chi connectivity index (χ1n) is 8.52. The summed E-state index contributed by atoms with van der Waals surface area (Å²) >= 11 is 6.29. The molecule has 1 atom stereocenters. The highest BCUT2D eigenvalue weighted by Gasteiger charge is 2.15. The van der Waals surface area contributed by atoms with Crippen LogP contribution in [0.3, 0.4) is 0 Å².